The van der Waals surface area contributed by atoms with Crippen LogP contribution in [0.2, 0.25) is 0 Å². The van der Waals surface area contributed by atoms with Crippen LogP contribution < -0.4 is 5.46 Å². The lowest BCUT2D eigenvalue weighted by Crippen LogP contribution is -2.41. The molecular weight excluding hydrogens is 503 g/mol. The highest BCUT2D eigenvalue weighted by Gasteiger charge is 2.52. The third-order valence-electron chi connectivity index (χ3n) is 9.40. The summed E-state index contributed by atoms with van der Waals surface area (Å²) in [6.45, 7) is 8.39. The summed E-state index contributed by atoms with van der Waals surface area (Å²) in [5.74, 6) is 0.0527. The molecule has 0 saturated carbocycles. The van der Waals surface area contributed by atoms with E-state index < -0.39 is 18.3 Å². The topological polar surface area (TPSA) is 31.6 Å². The Hall–Kier alpha value is -4.12. The van der Waals surface area contributed by atoms with E-state index in [4.69, 9.17) is 13.7 Å². The maximum Gasteiger partial charge on any atom is 0.494 e. The number of fused-ring (bicyclic) bond motifs is 6. The zero-order valence-electron chi connectivity index (χ0n) is 23.8. The van der Waals surface area contributed by atoms with E-state index in [1.165, 1.54) is 38.9 Å². The van der Waals surface area contributed by atoms with Gasteiger partial charge in [-0.3, -0.25) is 0 Å². The van der Waals surface area contributed by atoms with Crippen molar-refractivity contribution in [3.63, 3.8) is 0 Å². The third kappa shape index (κ3) is 3.67. The molecular formula is C37H31BO3. The van der Waals surface area contributed by atoms with Crippen molar-refractivity contribution < 1.29 is 13.7 Å². The minimum atomic E-state index is -0.479. The van der Waals surface area contributed by atoms with E-state index in [0.717, 1.165) is 27.4 Å². The normalized spacial score (nSPS) is 18.6. The number of hydrogen-bond donors (Lipinski definition) is 0. The first kappa shape index (κ1) is 24.7. The average molecular weight is 534 g/mol. The van der Waals surface area contributed by atoms with Gasteiger partial charge in [0, 0.05) is 16.7 Å². The highest BCUT2D eigenvalue weighted by Crippen LogP contribution is 2.51. The van der Waals surface area contributed by atoms with Gasteiger partial charge in [-0.1, -0.05) is 91.0 Å². The van der Waals surface area contributed by atoms with E-state index in [9.17, 15) is 0 Å². The first-order valence-electron chi connectivity index (χ1n) is 14.4. The molecule has 1 atom stereocenters. The van der Waals surface area contributed by atoms with Gasteiger partial charge in [0.2, 0.25) is 0 Å². The predicted octanol–water partition coefficient (Wildman–Crippen LogP) is 8.71. The van der Waals surface area contributed by atoms with Crippen LogP contribution in [0, 0.1) is 0 Å². The molecule has 2 heterocycles. The molecule has 0 amide bonds. The second-order valence-corrected chi connectivity index (χ2v) is 12.4. The molecule has 200 valence electrons. The van der Waals surface area contributed by atoms with Gasteiger partial charge < -0.3 is 13.7 Å². The van der Waals surface area contributed by atoms with Crippen molar-refractivity contribution in [3.05, 3.63) is 126 Å². The van der Waals surface area contributed by atoms with Crippen LogP contribution >= 0.6 is 0 Å². The number of benzene rings is 5. The fourth-order valence-corrected chi connectivity index (χ4v) is 6.60. The SMILES string of the molecule is CC1(C)OB(c2cc(C3c4ccccc4-c4cc(-c5ccccc5)ccc43)c3c(c2)oc2ccccc23)OC1(C)C. The van der Waals surface area contributed by atoms with E-state index in [1.807, 2.05) is 6.07 Å². The average Bonchev–Trinajstić information content (AvgIpc) is 3.59. The van der Waals surface area contributed by atoms with Gasteiger partial charge in [-0.15, -0.1) is 0 Å². The summed E-state index contributed by atoms with van der Waals surface area (Å²) in [5, 5.41) is 2.28. The zero-order chi connectivity index (χ0) is 27.9. The number of rotatable bonds is 3. The Kier molecular flexibility index (Phi) is 5.23. The van der Waals surface area contributed by atoms with Gasteiger partial charge in [0.25, 0.3) is 0 Å². The van der Waals surface area contributed by atoms with Crippen molar-refractivity contribution in [2.45, 2.75) is 44.8 Å². The quantitative estimate of drug-likeness (QED) is 0.213. The lowest BCUT2D eigenvalue weighted by atomic mass is 9.75. The lowest BCUT2D eigenvalue weighted by Gasteiger charge is -2.32. The fourth-order valence-electron chi connectivity index (χ4n) is 6.60. The Labute approximate surface area is 240 Å². The van der Waals surface area contributed by atoms with Crippen molar-refractivity contribution in [1.29, 1.82) is 0 Å². The summed E-state index contributed by atoms with van der Waals surface area (Å²) in [6.07, 6.45) is 0. The molecule has 8 rings (SSSR count). The summed E-state index contributed by atoms with van der Waals surface area (Å²) < 4.78 is 19.6. The molecule has 0 spiro atoms. The molecule has 4 heteroatoms. The summed E-state index contributed by atoms with van der Waals surface area (Å²) in [7, 11) is -0.479. The van der Waals surface area contributed by atoms with Crippen molar-refractivity contribution in [1.82, 2.24) is 0 Å². The number of para-hydroxylation sites is 1. The maximum absolute atomic E-state index is 6.53. The molecule has 3 nitrogen and oxygen atoms in total. The molecule has 0 N–H and O–H groups in total. The number of furan rings is 1. The fraction of sp³-hybridized carbons (Fsp3) is 0.189. The smallest absolute Gasteiger partial charge is 0.456 e. The molecule has 1 unspecified atom stereocenters. The van der Waals surface area contributed by atoms with Gasteiger partial charge in [0.15, 0.2) is 0 Å². The van der Waals surface area contributed by atoms with Crippen LogP contribution in [-0.2, 0) is 9.31 Å². The van der Waals surface area contributed by atoms with Gasteiger partial charge >= 0.3 is 7.12 Å². The molecule has 1 aromatic heterocycles. The third-order valence-corrected chi connectivity index (χ3v) is 9.40. The van der Waals surface area contributed by atoms with Gasteiger partial charge in [0.1, 0.15) is 11.2 Å². The standard InChI is InChI=1S/C37H31BO3/c1-36(2)37(3,4)41-38(40-36)25-21-31(35-29-16-10-11-17-32(29)39-33(35)22-25)34-27-15-9-8-14-26(27)30-20-24(18-19-28(30)34)23-12-6-5-7-13-23/h5-22,34H,1-4H3. The van der Waals surface area contributed by atoms with Crippen molar-refractivity contribution >= 4 is 34.5 Å². The molecule has 6 aromatic rings. The molecule has 41 heavy (non-hydrogen) atoms. The van der Waals surface area contributed by atoms with Crippen LogP contribution in [0.5, 0.6) is 0 Å². The Morgan fingerprint density at radius 2 is 1.24 bits per heavy atom. The Balaban J connectivity index is 1.38. The molecule has 5 aromatic carbocycles. The van der Waals surface area contributed by atoms with Crippen LogP contribution in [0.4, 0.5) is 0 Å². The van der Waals surface area contributed by atoms with Crippen molar-refractivity contribution in [3.8, 4) is 22.3 Å². The first-order chi connectivity index (χ1) is 19.8. The summed E-state index contributed by atoms with van der Waals surface area (Å²) >= 11 is 0. The molecule has 2 aliphatic rings. The highest BCUT2D eigenvalue weighted by molar-refractivity contribution is 6.62. The minimum Gasteiger partial charge on any atom is -0.456 e. The molecule has 0 radical (unpaired) electrons. The van der Waals surface area contributed by atoms with E-state index in [-0.39, 0.29) is 5.92 Å². The summed E-state index contributed by atoms with van der Waals surface area (Å²) in [6, 6.07) is 39.1. The Morgan fingerprint density at radius 3 is 2.05 bits per heavy atom. The summed E-state index contributed by atoms with van der Waals surface area (Å²) in [4.78, 5) is 0. The van der Waals surface area contributed by atoms with Crippen LogP contribution in [0.1, 0.15) is 50.3 Å². The zero-order valence-corrected chi connectivity index (χ0v) is 23.8. The van der Waals surface area contributed by atoms with Gasteiger partial charge in [-0.05, 0) is 90.3 Å². The van der Waals surface area contributed by atoms with Gasteiger partial charge in [-0.25, -0.2) is 0 Å². The van der Waals surface area contributed by atoms with Crippen molar-refractivity contribution in [2.75, 3.05) is 0 Å². The van der Waals surface area contributed by atoms with Gasteiger partial charge in [0.05, 0.1) is 11.2 Å². The van der Waals surface area contributed by atoms with Crippen LogP contribution in [-0.4, -0.2) is 18.3 Å². The molecule has 0 bridgehead atoms. The largest absolute Gasteiger partial charge is 0.494 e. The second-order valence-electron chi connectivity index (χ2n) is 12.4. The van der Waals surface area contributed by atoms with Crippen LogP contribution in [0.3, 0.4) is 0 Å². The van der Waals surface area contributed by atoms with Crippen molar-refractivity contribution in [2.24, 2.45) is 0 Å². The van der Waals surface area contributed by atoms with E-state index in [0.29, 0.717) is 0 Å². The second kappa shape index (κ2) is 8.69. The molecule has 1 aliphatic heterocycles. The lowest BCUT2D eigenvalue weighted by molar-refractivity contribution is 0.00578. The molecule has 1 aliphatic carbocycles. The van der Waals surface area contributed by atoms with Crippen LogP contribution in [0.15, 0.2) is 114 Å². The summed E-state index contributed by atoms with van der Waals surface area (Å²) in [5.41, 5.74) is 10.7. The van der Waals surface area contributed by atoms with Crippen LogP contribution in [0.25, 0.3) is 44.2 Å². The van der Waals surface area contributed by atoms with E-state index in [2.05, 4.69) is 131 Å². The minimum absolute atomic E-state index is 0.0527. The van der Waals surface area contributed by atoms with E-state index in [1.54, 1.807) is 0 Å². The first-order valence-corrected chi connectivity index (χ1v) is 14.4. The predicted molar refractivity (Wildman–Crippen MR) is 168 cm³/mol. The van der Waals surface area contributed by atoms with Gasteiger partial charge in [-0.2, -0.15) is 0 Å². The molecule has 1 fully saturated rings. The Morgan fingerprint density at radius 1 is 0.561 bits per heavy atom. The monoisotopic (exact) mass is 534 g/mol. The number of hydrogen-bond acceptors (Lipinski definition) is 3. The van der Waals surface area contributed by atoms with E-state index >= 15 is 0 Å². The highest BCUT2D eigenvalue weighted by atomic mass is 16.7. The maximum atomic E-state index is 6.53. The Bertz CT molecular complexity index is 1950. The molecule has 1 saturated heterocycles.